The summed E-state index contributed by atoms with van der Waals surface area (Å²) in [6.45, 7) is 4.09. The second-order valence-corrected chi connectivity index (χ2v) is 8.29. The van der Waals surface area contributed by atoms with E-state index in [0.29, 0.717) is 16.3 Å². The van der Waals surface area contributed by atoms with Crippen LogP contribution in [0.25, 0.3) is 10.3 Å². The molecule has 8 heteroatoms. The van der Waals surface area contributed by atoms with Gasteiger partial charge in [-0.3, -0.25) is 14.2 Å². The second kappa shape index (κ2) is 7.71. The number of likely N-dealkylation sites (N-methyl/N-ethyl adjacent to an activating group) is 1. The fraction of sp³-hybridized carbons (Fsp3) is 0.400. The van der Waals surface area contributed by atoms with Crippen LogP contribution in [-0.2, 0) is 11.3 Å². The van der Waals surface area contributed by atoms with Crippen LogP contribution in [0.1, 0.15) is 19.8 Å². The van der Waals surface area contributed by atoms with Crippen LogP contribution in [0.5, 0.6) is 0 Å². The Kier molecular flexibility index (Phi) is 5.13. The van der Waals surface area contributed by atoms with E-state index < -0.39 is 0 Å². The molecule has 3 aromatic rings. The fourth-order valence-electron chi connectivity index (χ4n) is 3.49. The van der Waals surface area contributed by atoms with Crippen molar-refractivity contribution < 1.29 is 4.79 Å². The molecule has 1 amide bonds. The van der Waals surface area contributed by atoms with Gasteiger partial charge in [0, 0.05) is 25.8 Å². The van der Waals surface area contributed by atoms with Crippen molar-refractivity contribution in [3.8, 4) is 0 Å². The average Bonchev–Trinajstić information content (AvgIpc) is 3.15. The number of carbonyl (C=O) groups excluding carboxylic acids is 1. The van der Waals surface area contributed by atoms with Gasteiger partial charge in [0.25, 0.3) is 5.56 Å². The number of anilines is 2. The zero-order valence-corrected chi connectivity index (χ0v) is 16.9. The standard InChI is InChI=1S/C20H23N5O2S/c1-14-7-6-10-24(11-14)20-22-18-17(28-20)19(27)25(13-21-18)12-16(26)23(2)15-8-4-3-5-9-15/h3-5,8-9,13-14H,6-7,10-12H2,1-2H3. The molecular weight excluding hydrogens is 374 g/mol. The third-order valence-corrected chi connectivity index (χ3v) is 6.22. The summed E-state index contributed by atoms with van der Waals surface area (Å²) >= 11 is 1.37. The molecule has 1 atom stereocenters. The molecule has 28 heavy (non-hydrogen) atoms. The highest BCUT2D eigenvalue weighted by molar-refractivity contribution is 7.22. The maximum absolute atomic E-state index is 12.9. The Morgan fingerprint density at radius 2 is 2.11 bits per heavy atom. The topological polar surface area (TPSA) is 71.3 Å². The quantitative estimate of drug-likeness (QED) is 0.677. The van der Waals surface area contributed by atoms with Crippen LogP contribution in [0.3, 0.4) is 0 Å². The van der Waals surface area contributed by atoms with Crippen molar-refractivity contribution >= 4 is 38.4 Å². The van der Waals surface area contributed by atoms with Crippen LogP contribution >= 0.6 is 11.3 Å². The number of nitrogens with zero attached hydrogens (tertiary/aromatic N) is 5. The predicted molar refractivity (Wildman–Crippen MR) is 112 cm³/mol. The first-order valence-corrected chi connectivity index (χ1v) is 10.3. The first-order valence-electron chi connectivity index (χ1n) is 9.45. The molecule has 4 rings (SSSR count). The van der Waals surface area contributed by atoms with E-state index in [4.69, 9.17) is 0 Å². The molecular formula is C20H23N5O2S. The van der Waals surface area contributed by atoms with E-state index in [9.17, 15) is 9.59 Å². The van der Waals surface area contributed by atoms with E-state index >= 15 is 0 Å². The molecule has 0 aliphatic carbocycles. The van der Waals surface area contributed by atoms with E-state index in [-0.39, 0.29) is 18.0 Å². The van der Waals surface area contributed by atoms with Crippen molar-refractivity contribution in [1.82, 2.24) is 14.5 Å². The number of para-hydroxylation sites is 1. The van der Waals surface area contributed by atoms with Crippen LogP contribution in [0, 0.1) is 5.92 Å². The number of benzene rings is 1. The molecule has 1 unspecified atom stereocenters. The highest BCUT2D eigenvalue weighted by Crippen LogP contribution is 2.29. The lowest BCUT2D eigenvalue weighted by molar-refractivity contribution is -0.118. The van der Waals surface area contributed by atoms with Gasteiger partial charge in [-0.25, -0.2) is 4.98 Å². The van der Waals surface area contributed by atoms with Gasteiger partial charge in [0.2, 0.25) is 5.91 Å². The molecule has 1 aliphatic rings. The third-order valence-electron chi connectivity index (χ3n) is 5.12. The van der Waals surface area contributed by atoms with Gasteiger partial charge in [-0.05, 0) is 30.9 Å². The minimum Gasteiger partial charge on any atom is -0.348 e. The number of amides is 1. The maximum atomic E-state index is 12.9. The summed E-state index contributed by atoms with van der Waals surface area (Å²) in [5, 5.41) is 0.844. The Labute approximate surface area is 167 Å². The summed E-state index contributed by atoms with van der Waals surface area (Å²) in [7, 11) is 1.71. The fourth-order valence-corrected chi connectivity index (χ4v) is 4.50. The number of hydrogen-bond donors (Lipinski definition) is 0. The number of piperidine rings is 1. The van der Waals surface area contributed by atoms with Gasteiger partial charge in [0.1, 0.15) is 17.6 Å². The molecule has 0 radical (unpaired) electrons. The summed E-state index contributed by atoms with van der Waals surface area (Å²) < 4.78 is 1.87. The van der Waals surface area contributed by atoms with E-state index in [1.807, 2.05) is 30.3 Å². The number of fused-ring (bicyclic) bond motifs is 1. The van der Waals surface area contributed by atoms with Crippen molar-refractivity contribution in [1.29, 1.82) is 0 Å². The SMILES string of the molecule is CC1CCCN(c2nc3ncn(CC(=O)N(C)c4ccccc4)c(=O)c3s2)C1. The average molecular weight is 398 g/mol. The molecule has 1 aliphatic heterocycles. The first kappa shape index (κ1) is 18.6. The van der Waals surface area contributed by atoms with Crippen LogP contribution in [0.4, 0.5) is 10.8 Å². The molecule has 1 saturated heterocycles. The first-order chi connectivity index (χ1) is 13.5. The maximum Gasteiger partial charge on any atom is 0.273 e. The molecule has 0 bridgehead atoms. The van der Waals surface area contributed by atoms with E-state index in [0.717, 1.165) is 30.3 Å². The summed E-state index contributed by atoms with van der Waals surface area (Å²) in [5.41, 5.74) is 1.03. The Morgan fingerprint density at radius 1 is 1.32 bits per heavy atom. The molecule has 0 spiro atoms. The van der Waals surface area contributed by atoms with Crippen molar-refractivity contribution in [2.75, 3.05) is 29.9 Å². The summed E-state index contributed by atoms with van der Waals surface area (Å²) in [6, 6.07) is 9.36. The molecule has 2 aromatic heterocycles. The molecule has 0 saturated carbocycles. The normalized spacial score (nSPS) is 17.1. The monoisotopic (exact) mass is 397 g/mol. The summed E-state index contributed by atoms with van der Waals surface area (Å²) in [6.07, 6.45) is 3.78. The van der Waals surface area contributed by atoms with Gasteiger partial charge in [-0.2, -0.15) is 4.98 Å². The lowest BCUT2D eigenvalue weighted by Gasteiger charge is -2.30. The number of rotatable bonds is 4. The summed E-state index contributed by atoms with van der Waals surface area (Å²) in [5.74, 6) is 0.445. The number of hydrogen-bond acceptors (Lipinski definition) is 6. The number of carbonyl (C=O) groups is 1. The predicted octanol–water partition coefficient (Wildman–Crippen LogP) is 2.75. The number of aromatic nitrogens is 3. The highest BCUT2D eigenvalue weighted by atomic mass is 32.1. The van der Waals surface area contributed by atoms with Crippen molar-refractivity contribution in [3.63, 3.8) is 0 Å². The van der Waals surface area contributed by atoms with Crippen molar-refractivity contribution in [2.24, 2.45) is 5.92 Å². The summed E-state index contributed by atoms with van der Waals surface area (Å²) in [4.78, 5) is 38.2. The van der Waals surface area contributed by atoms with E-state index in [1.54, 1.807) is 11.9 Å². The zero-order valence-electron chi connectivity index (χ0n) is 16.0. The largest absolute Gasteiger partial charge is 0.348 e. The van der Waals surface area contributed by atoms with Crippen molar-refractivity contribution in [3.05, 3.63) is 47.0 Å². The Balaban J connectivity index is 1.57. The molecule has 1 aromatic carbocycles. The highest BCUT2D eigenvalue weighted by Gasteiger charge is 2.21. The lowest BCUT2D eigenvalue weighted by Crippen LogP contribution is -2.34. The minimum atomic E-state index is -0.214. The Bertz CT molecular complexity index is 1050. The van der Waals surface area contributed by atoms with Crippen LogP contribution in [0.15, 0.2) is 41.5 Å². The van der Waals surface area contributed by atoms with Gasteiger partial charge in [-0.1, -0.05) is 36.5 Å². The van der Waals surface area contributed by atoms with E-state index in [2.05, 4.69) is 21.8 Å². The third kappa shape index (κ3) is 3.64. The van der Waals surface area contributed by atoms with Crippen LogP contribution in [0.2, 0.25) is 0 Å². The van der Waals surface area contributed by atoms with E-state index in [1.165, 1.54) is 28.7 Å². The Hall–Kier alpha value is -2.74. The van der Waals surface area contributed by atoms with Crippen LogP contribution in [-0.4, -0.2) is 40.6 Å². The number of thiazole rings is 1. The van der Waals surface area contributed by atoms with Gasteiger partial charge in [0.15, 0.2) is 10.8 Å². The molecule has 1 fully saturated rings. The van der Waals surface area contributed by atoms with Gasteiger partial charge >= 0.3 is 0 Å². The minimum absolute atomic E-state index is 0.0544. The zero-order chi connectivity index (χ0) is 19.7. The molecule has 7 nitrogen and oxygen atoms in total. The lowest BCUT2D eigenvalue weighted by atomic mass is 10.0. The van der Waals surface area contributed by atoms with Gasteiger partial charge < -0.3 is 9.80 Å². The van der Waals surface area contributed by atoms with Crippen LogP contribution < -0.4 is 15.4 Å². The molecule has 146 valence electrons. The van der Waals surface area contributed by atoms with Crippen molar-refractivity contribution in [2.45, 2.75) is 26.3 Å². The van der Waals surface area contributed by atoms with Gasteiger partial charge in [-0.15, -0.1) is 0 Å². The second-order valence-electron chi connectivity index (χ2n) is 7.31. The molecule has 3 heterocycles. The Morgan fingerprint density at radius 3 is 2.86 bits per heavy atom. The smallest absolute Gasteiger partial charge is 0.273 e. The van der Waals surface area contributed by atoms with Gasteiger partial charge in [0.05, 0.1) is 0 Å². The molecule has 0 N–H and O–H groups in total.